The first-order chi connectivity index (χ1) is 1.00. The van der Waals surface area contributed by atoms with Crippen molar-refractivity contribution in [2.45, 2.75) is 0 Å². The first kappa shape index (κ1) is 18.5. The van der Waals surface area contributed by atoms with E-state index in [0.29, 0.717) is 0 Å². The Morgan fingerprint density at radius 1 is 1.25 bits per heavy atom. The van der Waals surface area contributed by atoms with E-state index in [-0.39, 0.29) is 40.1 Å². The molecule has 0 unspecified atom stereocenters. The quantitative estimate of drug-likeness (QED) is 0.383. The average molecular weight is 124 g/mol. The summed E-state index contributed by atoms with van der Waals surface area (Å²) in [6.45, 7) is 0. The molecule has 0 heterocycles. The molecule has 0 rings (SSSR count). The second-order valence-corrected chi connectivity index (χ2v) is 0. The molecule has 0 atom stereocenters. The smallest absolute Gasteiger partial charge is 0.381 e. The number of hydrogen-bond acceptors (Lipinski definition) is 1. The van der Waals surface area contributed by atoms with Crippen LogP contribution in [0.5, 0.6) is 0 Å². The van der Waals surface area contributed by atoms with Crippen molar-refractivity contribution in [3.63, 3.8) is 0 Å². The van der Waals surface area contributed by atoms with Crippen LogP contribution >= 0.6 is 0 Å². The molecule has 0 bridgehead atoms. The first-order valence-corrected chi connectivity index (χ1v) is 0.612. The molecule has 0 spiro atoms. The molecule has 4 radical (unpaired) electrons. The molecule has 0 amide bonds. The van der Waals surface area contributed by atoms with Gasteiger partial charge in [0.25, 0.3) is 0 Å². The maximum atomic E-state index is 8.06. The number of rotatable bonds is 0. The van der Waals surface area contributed by atoms with Crippen molar-refractivity contribution in [2.75, 3.05) is 0 Å². The van der Waals surface area contributed by atoms with Gasteiger partial charge in [-0.2, -0.15) is 0 Å². The van der Waals surface area contributed by atoms with Crippen molar-refractivity contribution in [1.82, 2.24) is 0 Å². The van der Waals surface area contributed by atoms with Gasteiger partial charge in [0.15, 0.2) is 0 Å². The van der Waals surface area contributed by atoms with E-state index < -0.39 is 0 Å². The maximum Gasteiger partial charge on any atom is 0.381 e. The van der Waals surface area contributed by atoms with Gasteiger partial charge in [-0.05, 0) is 0 Å². The summed E-state index contributed by atoms with van der Waals surface area (Å²) in [6.07, 6.45) is 0. The topological polar surface area (TPSA) is 17.1 Å². The van der Waals surface area contributed by atoms with Gasteiger partial charge in [0, 0.05) is 40.1 Å². The van der Waals surface area contributed by atoms with E-state index >= 15 is 0 Å². The molecule has 0 aliphatic heterocycles. The molecular formula is FeMgOSi. The summed E-state index contributed by atoms with van der Waals surface area (Å²) in [4.78, 5) is 0. The van der Waals surface area contributed by atoms with E-state index in [0.717, 1.165) is 0 Å². The summed E-state index contributed by atoms with van der Waals surface area (Å²) < 4.78 is 8.06. The van der Waals surface area contributed by atoms with Crippen LogP contribution in [-0.2, 0) is 21.5 Å². The van der Waals surface area contributed by atoms with E-state index in [1.807, 2.05) is 0 Å². The molecular weight excluding hydrogens is 124 g/mol. The Morgan fingerprint density at radius 3 is 1.25 bits per heavy atom. The van der Waals surface area contributed by atoms with Crippen molar-refractivity contribution in [3.05, 3.63) is 0 Å². The van der Waals surface area contributed by atoms with Crippen LogP contribution in [0.3, 0.4) is 0 Å². The third-order valence-electron chi connectivity index (χ3n) is 0. The fourth-order valence-corrected chi connectivity index (χ4v) is 0. The Balaban J connectivity index is -0.00000000500. The molecule has 1 nitrogen and oxygen atoms in total. The Hall–Kier alpha value is 1.30. The van der Waals surface area contributed by atoms with Crippen molar-refractivity contribution in [2.24, 2.45) is 0 Å². The Kier molecular flexibility index (Phi) is 128. The predicted octanol–water partition coefficient (Wildman–Crippen LogP) is -0.883. The Morgan fingerprint density at radius 2 is 1.25 bits per heavy atom. The molecule has 4 heavy (non-hydrogen) atoms. The predicted molar refractivity (Wildman–Crippen MR) is 12.2 cm³/mol. The summed E-state index contributed by atoms with van der Waals surface area (Å²) in [5, 5.41) is 0. The summed E-state index contributed by atoms with van der Waals surface area (Å²) in [5.74, 6) is 0. The fraction of sp³-hybridized carbons (Fsp3) is 0. The zero-order valence-electron chi connectivity index (χ0n) is 1.97. The van der Waals surface area contributed by atoms with Gasteiger partial charge in [0.1, 0.15) is 0 Å². The van der Waals surface area contributed by atoms with Crippen LogP contribution in [0.25, 0.3) is 0 Å². The minimum Gasteiger partial charge on any atom is -0.381 e. The SMILES string of the molecule is O=[Si].[Fe].[Mg]. The maximum absolute atomic E-state index is 8.06. The molecule has 0 aromatic rings. The van der Waals surface area contributed by atoms with Crippen LogP contribution in [0, 0.1) is 0 Å². The van der Waals surface area contributed by atoms with Gasteiger partial charge in [-0.15, -0.1) is 0 Å². The molecule has 0 aromatic carbocycles. The van der Waals surface area contributed by atoms with Gasteiger partial charge >= 0.3 is 10.1 Å². The largest absolute Gasteiger partial charge is 0.381 e. The van der Waals surface area contributed by atoms with E-state index in [4.69, 9.17) is 4.46 Å². The van der Waals surface area contributed by atoms with Gasteiger partial charge in [-0.25, -0.2) is 0 Å². The zero-order chi connectivity index (χ0) is 2.00. The van der Waals surface area contributed by atoms with Crippen molar-refractivity contribution < 1.29 is 21.5 Å². The van der Waals surface area contributed by atoms with Gasteiger partial charge in [0.2, 0.25) is 0 Å². The monoisotopic (exact) mass is 124 g/mol. The second kappa shape index (κ2) is 27.7. The summed E-state index contributed by atoms with van der Waals surface area (Å²) in [5.41, 5.74) is 0. The molecule has 0 aliphatic rings. The van der Waals surface area contributed by atoms with E-state index in [9.17, 15) is 0 Å². The van der Waals surface area contributed by atoms with Gasteiger partial charge in [-0.3, -0.25) is 0 Å². The molecule has 0 saturated heterocycles. The van der Waals surface area contributed by atoms with Crippen molar-refractivity contribution in [1.29, 1.82) is 0 Å². The Labute approximate surface area is 54.6 Å². The molecule has 0 saturated carbocycles. The minimum atomic E-state index is 0. The van der Waals surface area contributed by atoms with Crippen LogP contribution in [0.15, 0.2) is 0 Å². The molecule has 0 aromatic heterocycles. The van der Waals surface area contributed by atoms with Crippen LogP contribution in [0.2, 0.25) is 0 Å². The van der Waals surface area contributed by atoms with Gasteiger partial charge in [0.05, 0.1) is 0 Å². The summed E-state index contributed by atoms with van der Waals surface area (Å²) >= 11 is 0. The molecule has 0 N–H and O–H groups in total. The van der Waals surface area contributed by atoms with Gasteiger partial charge in [-0.1, -0.05) is 0 Å². The molecule has 0 fully saturated rings. The van der Waals surface area contributed by atoms with E-state index in [1.165, 1.54) is 0 Å². The Bertz CT molecular complexity index is 8.00. The van der Waals surface area contributed by atoms with E-state index in [2.05, 4.69) is 0 Å². The summed E-state index contributed by atoms with van der Waals surface area (Å²) in [7, 11) is 1.72. The summed E-state index contributed by atoms with van der Waals surface area (Å²) in [6, 6.07) is 0. The first-order valence-electron chi connectivity index (χ1n) is 0.204. The third-order valence-corrected chi connectivity index (χ3v) is 0. The van der Waals surface area contributed by atoms with Crippen LogP contribution in [-0.4, -0.2) is 33.2 Å². The van der Waals surface area contributed by atoms with Crippen LogP contribution in [0.4, 0.5) is 0 Å². The number of hydrogen-bond donors (Lipinski definition) is 0. The minimum absolute atomic E-state index is 0. The van der Waals surface area contributed by atoms with Crippen molar-refractivity contribution in [3.8, 4) is 0 Å². The van der Waals surface area contributed by atoms with Crippen LogP contribution in [0.1, 0.15) is 0 Å². The zero-order valence-corrected chi connectivity index (χ0v) is 5.49. The van der Waals surface area contributed by atoms with E-state index in [1.54, 1.807) is 10.1 Å². The molecule has 4 heteroatoms. The normalized spacial score (nSPS) is 1.00. The second-order valence-electron chi connectivity index (χ2n) is 0. The standard InChI is InChI=1S/Fe.Mg.OSi/c;;1-2. The molecule has 0 aliphatic carbocycles. The fourth-order valence-electron chi connectivity index (χ4n) is 0. The van der Waals surface area contributed by atoms with Crippen LogP contribution < -0.4 is 0 Å². The third kappa shape index (κ3) is 10.3. The van der Waals surface area contributed by atoms with Gasteiger partial charge < -0.3 is 4.46 Å². The average Bonchev–Trinajstić information content (AvgIpc) is 1.00. The van der Waals surface area contributed by atoms with Crippen molar-refractivity contribution >= 4 is 33.2 Å². The molecule has 20 valence electrons.